The van der Waals surface area contributed by atoms with Crippen molar-refractivity contribution in [1.29, 1.82) is 0 Å². The molecule has 23 heavy (non-hydrogen) atoms. The highest BCUT2D eigenvalue weighted by molar-refractivity contribution is 5.85. The fourth-order valence-electron chi connectivity index (χ4n) is 5.12. The molecule has 1 aromatic rings. The van der Waals surface area contributed by atoms with Crippen molar-refractivity contribution in [3.05, 3.63) is 35.4 Å². The van der Waals surface area contributed by atoms with Crippen molar-refractivity contribution < 1.29 is 9.90 Å². The molecule has 1 N–H and O–H groups in total. The van der Waals surface area contributed by atoms with Gasteiger partial charge in [0.15, 0.2) is 0 Å². The Balaban J connectivity index is 1.59. The minimum atomic E-state index is -0.807. The highest BCUT2D eigenvalue weighted by atomic mass is 16.3. The number of amides is 1. The molecule has 1 aliphatic heterocycles. The van der Waals surface area contributed by atoms with Gasteiger partial charge in [0.1, 0.15) is 0 Å². The molecule has 2 aliphatic carbocycles. The van der Waals surface area contributed by atoms with Crippen LogP contribution in [0.15, 0.2) is 24.3 Å². The number of benzene rings is 1. The predicted molar refractivity (Wildman–Crippen MR) is 90.2 cm³/mol. The number of hydrogen-bond donors (Lipinski definition) is 1. The molecule has 0 radical (unpaired) electrons. The van der Waals surface area contributed by atoms with Crippen LogP contribution in [-0.2, 0) is 16.6 Å². The zero-order chi connectivity index (χ0) is 16.2. The molecule has 124 valence electrons. The lowest BCUT2D eigenvalue weighted by Gasteiger charge is -2.35. The Morgan fingerprint density at radius 1 is 1.30 bits per heavy atom. The highest BCUT2D eigenvalue weighted by Gasteiger charge is 2.61. The molecule has 4 rings (SSSR count). The van der Waals surface area contributed by atoms with Gasteiger partial charge in [0.25, 0.3) is 0 Å². The second-order valence-electron chi connectivity index (χ2n) is 8.27. The van der Waals surface area contributed by atoms with Crippen LogP contribution in [0.3, 0.4) is 0 Å². The van der Waals surface area contributed by atoms with E-state index in [9.17, 15) is 9.90 Å². The van der Waals surface area contributed by atoms with E-state index in [0.29, 0.717) is 0 Å². The lowest BCUT2D eigenvalue weighted by Crippen LogP contribution is -2.49. The molecule has 3 unspecified atom stereocenters. The van der Waals surface area contributed by atoms with Crippen molar-refractivity contribution in [2.45, 2.75) is 69.4 Å². The highest BCUT2D eigenvalue weighted by Crippen LogP contribution is 2.61. The van der Waals surface area contributed by atoms with Gasteiger partial charge in [-0.2, -0.15) is 0 Å². The first-order chi connectivity index (χ1) is 10.9. The topological polar surface area (TPSA) is 40.5 Å². The Morgan fingerprint density at radius 3 is 2.87 bits per heavy atom. The normalized spacial score (nSPS) is 32.9. The summed E-state index contributed by atoms with van der Waals surface area (Å²) in [5, 5.41) is 10.4. The largest absolute Gasteiger partial charge is 0.388 e. The van der Waals surface area contributed by atoms with E-state index in [1.165, 1.54) is 17.5 Å². The molecule has 3 nitrogen and oxygen atoms in total. The first-order valence-electron chi connectivity index (χ1n) is 9.05. The molecular weight excluding hydrogens is 286 g/mol. The van der Waals surface area contributed by atoms with Gasteiger partial charge in [-0.3, -0.25) is 4.79 Å². The zero-order valence-electron chi connectivity index (χ0n) is 14.2. The average Bonchev–Trinajstić information content (AvgIpc) is 3.00. The lowest BCUT2D eigenvalue weighted by atomic mass is 9.78. The number of nitrogens with zero attached hydrogens (tertiary/aromatic N) is 1. The first-order valence-corrected chi connectivity index (χ1v) is 9.05. The molecule has 0 bridgehead atoms. The van der Waals surface area contributed by atoms with Crippen LogP contribution in [0.2, 0.25) is 0 Å². The second-order valence-corrected chi connectivity index (χ2v) is 8.27. The maximum atomic E-state index is 13.2. The number of rotatable bonds is 2. The molecule has 1 spiro atoms. The third-order valence-corrected chi connectivity index (χ3v) is 6.35. The average molecular weight is 313 g/mol. The van der Waals surface area contributed by atoms with Gasteiger partial charge >= 0.3 is 0 Å². The van der Waals surface area contributed by atoms with E-state index in [-0.39, 0.29) is 23.3 Å². The van der Waals surface area contributed by atoms with Gasteiger partial charge in [0.2, 0.25) is 5.91 Å². The maximum absolute atomic E-state index is 13.2. The maximum Gasteiger partial charge on any atom is 0.226 e. The SMILES string of the molecule is CC(C)(O)C1CCCN1C(=O)C1CC12CCCc1ccccc12. The fraction of sp³-hybridized carbons (Fsp3) is 0.650. The number of carbonyl (C=O) groups excluding carboxylic acids is 1. The van der Waals surface area contributed by atoms with Crippen molar-refractivity contribution in [1.82, 2.24) is 4.90 Å². The molecule has 3 aliphatic rings. The molecule has 1 saturated carbocycles. The summed E-state index contributed by atoms with van der Waals surface area (Å²) in [6.07, 6.45) is 6.41. The lowest BCUT2D eigenvalue weighted by molar-refractivity contribution is -0.138. The van der Waals surface area contributed by atoms with Crippen molar-refractivity contribution in [2.75, 3.05) is 6.54 Å². The molecule has 1 amide bonds. The number of aryl methyl sites for hydroxylation is 1. The fourth-order valence-corrected chi connectivity index (χ4v) is 5.12. The molecule has 3 heteroatoms. The standard InChI is InChI=1S/C20H27NO2/c1-19(2,23)17-10-6-12-21(17)18(22)16-13-20(16)11-5-8-14-7-3-4-9-15(14)20/h3-4,7,9,16-17,23H,5-6,8,10-13H2,1-2H3. The third-order valence-electron chi connectivity index (χ3n) is 6.35. The monoisotopic (exact) mass is 313 g/mol. The van der Waals surface area contributed by atoms with E-state index in [4.69, 9.17) is 0 Å². The van der Waals surface area contributed by atoms with E-state index >= 15 is 0 Å². The molecule has 1 saturated heterocycles. The number of hydrogen-bond acceptors (Lipinski definition) is 2. The van der Waals surface area contributed by atoms with E-state index in [1.807, 2.05) is 18.7 Å². The van der Waals surface area contributed by atoms with Crippen LogP contribution in [0.4, 0.5) is 0 Å². The van der Waals surface area contributed by atoms with Crippen LogP contribution in [0.25, 0.3) is 0 Å². The van der Waals surface area contributed by atoms with Gasteiger partial charge < -0.3 is 10.0 Å². The molecule has 1 aromatic carbocycles. The summed E-state index contributed by atoms with van der Waals surface area (Å²) >= 11 is 0. The minimum absolute atomic E-state index is 0.0218. The summed E-state index contributed by atoms with van der Waals surface area (Å²) in [7, 11) is 0. The van der Waals surface area contributed by atoms with Gasteiger partial charge in [-0.25, -0.2) is 0 Å². The van der Waals surface area contributed by atoms with E-state index in [0.717, 1.165) is 38.6 Å². The van der Waals surface area contributed by atoms with Gasteiger partial charge in [-0.1, -0.05) is 24.3 Å². The molecule has 1 heterocycles. The molecule has 3 atom stereocenters. The van der Waals surface area contributed by atoms with Gasteiger partial charge in [0, 0.05) is 17.9 Å². The third kappa shape index (κ3) is 2.32. The van der Waals surface area contributed by atoms with Gasteiger partial charge in [-0.15, -0.1) is 0 Å². The van der Waals surface area contributed by atoms with Crippen molar-refractivity contribution in [3.8, 4) is 0 Å². The first kappa shape index (κ1) is 15.2. The van der Waals surface area contributed by atoms with Crippen molar-refractivity contribution in [3.63, 3.8) is 0 Å². The predicted octanol–water partition coefficient (Wildman–Crippen LogP) is 3.04. The Hall–Kier alpha value is -1.35. The smallest absolute Gasteiger partial charge is 0.226 e. The molecule has 2 fully saturated rings. The van der Waals surface area contributed by atoms with Crippen molar-refractivity contribution in [2.24, 2.45) is 5.92 Å². The second kappa shape index (κ2) is 5.07. The van der Waals surface area contributed by atoms with Gasteiger partial charge in [0.05, 0.1) is 11.6 Å². The van der Waals surface area contributed by atoms with Crippen LogP contribution in [0, 0.1) is 5.92 Å². The number of aliphatic hydroxyl groups is 1. The van der Waals surface area contributed by atoms with Crippen LogP contribution >= 0.6 is 0 Å². The van der Waals surface area contributed by atoms with E-state index in [1.54, 1.807) is 0 Å². The van der Waals surface area contributed by atoms with Crippen LogP contribution in [0.1, 0.15) is 57.1 Å². The number of likely N-dealkylation sites (tertiary alicyclic amines) is 1. The number of carbonyl (C=O) groups is 1. The Bertz CT molecular complexity index is 633. The summed E-state index contributed by atoms with van der Waals surface area (Å²) < 4.78 is 0. The Kier molecular flexibility index (Phi) is 3.35. The van der Waals surface area contributed by atoms with E-state index in [2.05, 4.69) is 24.3 Å². The Labute approximate surface area is 138 Å². The van der Waals surface area contributed by atoms with Crippen LogP contribution < -0.4 is 0 Å². The van der Waals surface area contributed by atoms with Gasteiger partial charge in [-0.05, 0) is 63.5 Å². The summed E-state index contributed by atoms with van der Waals surface area (Å²) in [6, 6.07) is 8.67. The summed E-state index contributed by atoms with van der Waals surface area (Å²) in [6.45, 7) is 4.48. The van der Waals surface area contributed by atoms with Crippen molar-refractivity contribution >= 4 is 5.91 Å². The minimum Gasteiger partial charge on any atom is -0.388 e. The summed E-state index contributed by atoms with van der Waals surface area (Å²) in [4.78, 5) is 15.1. The quantitative estimate of drug-likeness (QED) is 0.911. The summed E-state index contributed by atoms with van der Waals surface area (Å²) in [5.41, 5.74) is 2.15. The van der Waals surface area contributed by atoms with E-state index < -0.39 is 5.60 Å². The van der Waals surface area contributed by atoms with Crippen LogP contribution in [0.5, 0.6) is 0 Å². The zero-order valence-corrected chi connectivity index (χ0v) is 14.2. The molecule has 0 aromatic heterocycles. The number of fused-ring (bicyclic) bond motifs is 2. The summed E-state index contributed by atoms with van der Waals surface area (Å²) in [5.74, 6) is 0.415. The Morgan fingerprint density at radius 2 is 2.09 bits per heavy atom. The van der Waals surface area contributed by atoms with Crippen LogP contribution in [-0.4, -0.2) is 34.1 Å². The molecular formula is C20H27NO2.